The lowest BCUT2D eigenvalue weighted by Crippen LogP contribution is -2.32. The lowest BCUT2D eigenvalue weighted by molar-refractivity contribution is 0.343. The molecule has 1 fully saturated rings. The number of nitrogens with one attached hydrogen (secondary N) is 1. The minimum Gasteiger partial charge on any atom is -0.310 e. The number of halogens is 2. The Labute approximate surface area is 117 Å². The second-order valence-electron chi connectivity index (χ2n) is 5.33. The minimum atomic E-state index is -0.130. The largest absolute Gasteiger partial charge is 0.310 e. The Kier molecular flexibility index (Phi) is 4.79. The van der Waals surface area contributed by atoms with Crippen LogP contribution in [0.25, 0.3) is 0 Å². The average Bonchev–Trinajstić information content (AvgIpc) is 2.69. The van der Waals surface area contributed by atoms with Crippen LogP contribution in [0.4, 0.5) is 4.39 Å². The molecule has 0 saturated heterocycles. The van der Waals surface area contributed by atoms with E-state index in [9.17, 15) is 4.39 Å². The molecule has 0 spiro atoms. The van der Waals surface area contributed by atoms with E-state index in [1.54, 1.807) is 0 Å². The number of benzene rings is 1. The van der Waals surface area contributed by atoms with E-state index in [4.69, 9.17) is 0 Å². The average molecular weight is 314 g/mol. The lowest BCUT2D eigenvalue weighted by atomic mass is 9.93. The van der Waals surface area contributed by atoms with Crippen LogP contribution in [0.15, 0.2) is 22.7 Å². The monoisotopic (exact) mass is 313 g/mol. The zero-order valence-electron chi connectivity index (χ0n) is 11.0. The van der Waals surface area contributed by atoms with Crippen molar-refractivity contribution in [2.75, 3.05) is 0 Å². The maximum absolute atomic E-state index is 13.7. The summed E-state index contributed by atoms with van der Waals surface area (Å²) in [5.41, 5.74) is 0.755. The van der Waals surface area contributed by atoms with Gasteiger partial charge in [-0.1, -0.05) is 42.3 Å². The molecule has 3 unspecified atom stereocenters. The van der Waals surface area contributed by atoms with Crippen LogP contribution in [0.2, 0.25) is 0 Å². The van der Waals surface area contributed by atoms with Gasteiger partial charge in [-0.3, -0.25) is 0 Å². The minimum absolute atomic E-state index is 0.130. The Morgan fingerprint density at radius 2 is 2.17 bits per heavy atom. The molecule has 2 rings (SSSR count). The molecule has 1 saturated carbocycles. The summed E-state index contributed by atoms with van der Waals surface area (Å²) >= 11 is 3.28. The topological polar surface area (TPSA) is 12.0 Å². The van der Waals surface area contributed by atoms with Crippen LogP contribution < -0.4 is 5.32 Å². The van der Waals surface area contributed by atoms with Gasteiger partial charge in [-0.2, -0.15) is 0 Å². The Bertz CT molecular complexity index is 407. The van der Waals surface area contributed by atoms with Gasteiger partial charge in [0.25, 0.3) is 0 Å². The highest BCUT2D eigenvalue weighted by molar-refractivity contribution is 9.10. The van der Waals surface area contributed by atoms with Crippen molar-refractivity contribution >= 4 is 15.9 Å². The van der Waals surface area contributed by atoms with Crippen molar-refractivity contribution in [3.8, 4) is 0 Å². The molecule has 1 aromatic carbocycles. The van der Waals surface area contributed by atoms with Crippen molar-refractivity contribution in [3.63, 3.8) is 0 Å². The Morgan fingerprint density at radius 1 is 1.39 bits per heavy atom. The molecule has 1 nitrogen and oxygen atoms in total. The molecule has 1 aromatic rings. The maximum Gasteiger partial charge on any atom is 0.128 e. The quantitative estimate of drug-likeness (QED) is 0.862. The molecular weight excluding hydrogens is 293 g/mol. The molecule has 100 valence electrons. The third kappa shape index (κ3) is 3.12. The number of rotatable bonds is 4. The fraction of sp³-hybridized carbons (Fsp3) is 0.600. The van der Waals surface area contributed by atoms with Crippen LogP contribution in [0.1, 0.15) is 38.7 Å². The molecule has 0 heterocycles. The van der Waals surface area contributed by atoms with Crippen molar-refractivity contribution < 1.29 is 4.39 Å². The van der Waals surface area contributed by atoms with Crippen molar-refractivity contribution in [2.45, 2.75) is 45.7 Å². The molecule has 1 N–H and O–H groups in total. The molecule has 3 heteroatoms. The maximum atomic E-state index is 13.7. The fourth-order valence-electron chi connectivity index (χ4n) is 3.02. The van der Waals surface area contributed by atoms with E-state index in [-0.39, 0.29) is 5.82 Å². The first-order valence-corrected chi connectivity index (χ1v) is 7.58. The summed E-state index contributed by atoms with van der Waals surface area (Å²) in [6.07, 6.45) is 3.78. The predicted molar refractivity (Wildman–Crippen MR) is 76.9 cm³/mol. The Morgan fingerprint density at radius 3 is 2.78 bits per heavy atom. The second kappa shape index (κ2) is 6.16. The Hall–Kier alpha value is -0.410. The first kappa shape index (κ1) is 14.0. The van der Waals surface area contributed by atoms with E-state index in [2.05, 4.69) is 35.1 Å². The van der Waals surface area contributed by atoms with Gasteiger partial charge < -0.3 is 5.32 Å². The molecule has 3 atom stereocenters. The van der Waals surface area contributed by atoms with E-state index in [1.807, 2.05) is 12.1 Å². The summed E-state index contributed by atoms with van der Waals surface area (Å²) in [6.45, 7) is 5.21. The Balaban J connectivity index is 1.92. The summed E-state index contributed by atoms with van der Waals surface area (Å²) in [7, 11) is 0. The molecule has 0 radical (unpaired) electrons. The SMILES string of the molecule is CCC1CCC(NCc2ccc(Br)cc2F)C1C. The van der Waals surface area contributed by atoms with Gasteiger partial charge in [-0.15, -0.1) is 0 Å². The summed E-state index contributed by atoms with van der Waals surface area (Å²) in [6, 6.07) is 5.82. The van der Waals surface area contributed by atoms with E-state index in [1.165, 1.54) is 25.3 Å². The zero-order chi connectivity index (χ0) is 13.1. The van der Waals surface area contributed by atoms with Crippen molar-refractivity contribution in [1.82, 2.24) is 5.32 Å². The van der Waals surface area contributed by atoms with E-state index >= 15 is 0 Å². The number of hydrogen-bond donors (Lipinski definition) is 1. The smallest absolute Gasteiger partial charge is 0.128 e. The van der Waals surface area contributed by atoms with Crippen LogP contribution in [0.3, 0.4) is 0 Å². The van der Waals surface area contributed by atoms with Gasteiger partial charge in [-0.05, 0) is 36.8 Å². The first-order valence-electron chi connectivity index (χ1n) is 6.79. The molecule has 18 heavy (non-hydrogen) atoms. The van der Waals surface area contributed by atoms with Crippen molar-refractivity contribution in [2.24, 2.45) is 11.8 Å². The van der Waals surface area contributed by atoms with Gasteiger partial charge in [0.05, 0.1) is 0 Å². The summed E-state index contributed by atoms with van der Waals surface area (Å²) in [5.74, 6) is 1.40. The molecule has 0 aliphatic heterocycles. The predicted octanol–water partition coefficient (Wildman–Crippen LogP) is 4.50. The van der Waals surface area contributed by atoms with Crippen LogP contribution in [0.5, 0.6) is 0 Å². The van der Waals surface area contributed by atoms with Crippen LogP contribution in [-0.2, 0) is 6.54 Å². The van der Waals surface area contributed by atoms with Crippen LogP contribution >= 0.6 is 15.9 Å². The fourth-order valence-corrected chi connectivity index (χ4v) is 3.35. The summed E-state index contributed by atoms with van der Waals surface area (Å²) in [4.78, 5) is 0. The van der Waals surface area contributed by atoms with E-state index in [0.29, 0.717) is 18.5 Å². The molecule has 0 bridgehead atoms. The summed E-state index contributed by atoms with van der Waals surface area (Å²) < 4.78 is 14.5. The third-order valence-corrected chi connectivity index (χ3v) is 4.81. The van der Waals surface area contributed by atoms with Crippen LogP contribution in [-0.4, -0.2) is 6.04 Å². The van der Waals surface area contributed by atoms with Crippen LogP contribution in [0, 0.1) is 17.7 Å². The van der Waals surface area contributed by atoms with Gasteiger partial charge in [0.2, 0.25) is 0 Å². The van der Waals surface area contributed by atoms with Gasteiger partial charge in [0.15, 0.2) is 0 Å². The van der Waals surface area contributed by atoms with Crippen molar-refractivity contribution in [1.29, 1.82) is 0 Å². The highest BCUT2D eigenvalue weighted by atomic mass is 79.9. The lowest BCUT2D eigenvalue weighted by Gasteiger charge is -2.21. The number of hydrogen-bond acceptors (Lipinski definition) is 1. The highest BCUT2D eigenvalue weighted by Crippen LogP contribution is 2.34. The third-order valence-electron chi connectivity index (χ3n) is 4.32. The summed E-state index contributed by atoms with van der Waals surface area (Å²) in [5, 5.41) is 3.52. The molecular formula is C15H21BrFN. The second-order valence-corrected chi connectivity index (χ2v) is 6.24. The molecule has 1 aliphatic carbocycles. The standard InChI is InChI=1S/C15H21BrFN/c1-3-11-5-7-15(10(11)2)18-9-12-4-6-13(16)8-14(12)17/h4,6,8,10-11,15,18H,3,5,7,9H2,1-2H3. The highest BCUT2D eigenvalue weighted by Gasteiger charge is 2.30. The first-order chi connectivity index (χ1) is 8.61. The molecule has 0 aromatic heterocycles. The van der Waals surface area contributed by atoms with Gasteiger partial charge in [0, 0.05) is 22.6 Å². The van der Waals surface area contributed by atoms with E-state index in [0.717, 1.165) is 16.0 Å². The molecule has 0 amide bonds. The van der Waals surface area contributed by atoms with Gasteiger partial charge in [0.1, 0.15) is 5.82 Å². The molecule has 1 aliphatic rings. The zero-order valence-corrected chi connectivity index (χ0v) is 12.6. The van der Waals surface area contributed by atoms with Gasteiger partial charge in [-0.25, -0.2) is 4.39 Å². The van der Waals surface area contributed by atoms with Crippen molar-refractivity contribution in [3.05, 3.63) is 34.1 Å². The van der Waals surface area contributed by atoms with Gasteiger partial charge >= 0.3 is 0 Å². The normalized spacial score (nSPS) is 27.7. The van der Waals surface area contributed by atoms with E-state index < -0.39 is 0 Å².